The van der Waals surface area contributed by atoms with Gasteiger partial charge in [0, 0.05) is 15.2 Å². The lowest BCUT2D eigenvalue weighted by atomic mass is 9.85. The van der Waals surface area contributed by atoms with Crippen molar-refractivity contribution in [1.82, 2.24) is 10.6 Å². The third-order valence-corrected chi connectivity index (χ3v) is 6.91. The van der Waals surface area contributed by atoms with E-state index in [1.807, 2.05) is 13.8 Å². The Kier molecular flexibility index (Phi) is 6.81. The summed E-state index contributed by atoms with van der Waals surface area (Å²) < 4.78 is 2.43. The van der Waals surface area contributed by atoms with Gasteiger partial charge in [-0.15, -0.1) is 0 Å². The van der Waals surface area contributed by atoms with Gasteiger partial charge in [0.2, 0.25) is 0 Å². The smallest absolute Gasteiger partial charge is 0.0731 e. The molecule has 0 amide bonds. The van der Waals surface area contributed by atoms with E-state index in [9.17, 15) is 0 Å². The van der Waals surface area contributed by atoms with Gasteiger partial charge in [0.1, 0.15) is 0 Å². The minimum absolute atomic E-state index is 0.315. The van der Waals surface area contributed by atoms with Crippen LogP contribution in [0, 0.1) is 6.92 Å². The first kappa shape index (κ1) is 19.9. The van der Waals surface area contributed by atoms with Crippen LogP contribution in [0.1, 0.15) is 49.8 Å². The largest absolute Gasteiger partial charge is 0.379 e. The van der Waals surface area contributed by atoms with Crippen LogP contribution in [0.25, 0.3) is 5.57 Å². The number of fused-ring (bicyclic) bond motifs is 2. The zero-order valence-corrected chi connectivity index (χ0v) is 19.1. The van der Waals surface area contributed by atoms with Gasteiger partial charge in [-0.2, -0.15) is 0 Å². The molecule has 0 radical (unpaired) electrons. The lowest BCUT2D eigenvalue weighted by Gasteiger charge is -2.30. The predicted octanol–water partition coefficient (Wildman–Crippen LogP) is 6.00. The lowest BCUT2D eigenvalue weighted by Crippen LogP contribution is -2.32. The molecule has 1 aliphatic carbocycles. The van der Waals surface area contributed by atoms with E-state index < -0.39 is 0 Å². The standard InChI is InChI=1S/C20H22Br2N2.C2H6/c1-12-2-4-16-17(19(12)22)5-3-14-10-15(21)11-24-20(14)18(16)13-6-8-23-9-7-13;1-2/h2,4,10-11,20,23-24H,3,5-9H2,1H3;1-2H3. The Morgan fingerprint density at radius 2 is 1.73 bits per heavy atom. The number of hydrogen-bond acceptors (Lipinski definition) is 2. The van der Waals surface area contributed by atoms with Crippen LogP contribution in [0.5, 0.6) is 0 Å². The Morgan fingerprint density at radius 1 is 1.00 bits per heavy atom. The summed E-state index contributed by atoms with van der Waals surface area (Å²) in [6.07, 6.45) is 8.91. The average Bonchev–Trinajstić information content (AvgIpc) is 2.84. The fourth-order valence-corrected chi connectivity index (χ4v) is 5.08. The topological polar surface area (TPSA) is 24.1 Å². The van der Waals surface area contributed by atoms with Crippen LogP contribution >= 0.6 is 31.9 Å². The van der Waals surface area contributed by atoms with E-state index in [0.717, 1.165) is 43.3 Å². The summed E-state index contributed by atoms with van der Waals surface area (Å²) in [5.41, 5.74) is 8.87. The highest BCUT2D eigenvalue weighted by Crippen LogP contribution is 2.42. The number of allylic oxidation sites excluding steroid dienone is 2. The maximum Gasteiger partial charge on any atom is 0.0731 e. The van der Waals surface area contributed by atoms with Gasteiger partial charge in [-0.25, -0.2) is 0 Å². The number of hydrogen-bond donors (Lipinski definition) is 2. The van der Waals surface area contributed by atoms with Gasteiger partial charge in [0.05, 0.1) is 6.04 Å². The third kappa shape index (κ3) is 3.88. The molecule has 0 saturated carbocycles. The molecule has 1 aromatic carbocycles. The molecular formula is C22H28Br2N2. The quantitative estimate of drug-likeness (QED) is 0.476. The molecule has 2 N–H and O–H groups in total. The normalized spacial score (nSPS) is 22.0. The molecule has 3 aliphatic rings. The average molecular weight is 480 g/mol. The van der Waals surface area contributed by atoms with Crippen molar-refractivity contribution in [3.8, 4) is 0 Å². The van der Waals surface area contributed by atoms with Gasteiger partial charge >= 0.3 is 0 Å². The first-order valence-corrected chi connectivity index (χ1v) is 11.3. The molecule has 1 atom stereocenters. The van der Waals surface area contributed by atoms with E-state index in [1.54, 1.807) is 5.57 Å². The number of nitrogens with one attached hydrogen (secondary N) is 2. The first-order chi connectivity index (χ1) is 12.6. The molecule has 1 saturated heterocycles. The molecule has 2 aliphatic heterocycles. The highest BCUT2D eigenvalue weighted by molar-refractivity contribution is 9.12. The minimum Gasteiger partial charge on any atom is -0.379 e. The van der Waals surface area contributed by atoms with Crippen molar-refractivity contribution in [2.75, 3.05) is 13.1 Å². The lowest BCUT2D eigenvalue weighted by molar-refractivity contribution is 0.606. The Bertz CT molecular complexity index is 767. The molecule has 1 fully saturated rings. The Labute approximate surface area is 174 Å². The summed E-state index contributed by atoms with van der Waals surface area (Å²) in [7, 11) is 0. The SMILES string of the molecule is CC.Cc1ccc2c(c1Br)CCC1=CC(Br)=CNC1C2=C1CCNCC1. The first-order valence-electron chi connectivity index (χ1n) is 9.68. The van der Waals surface area contributed by atoms with Gasteiger partial charge in [-0.1, -0.05) is 47.5 Å². The summed E-state index contributed by atoms with van der Waals surface area (Å²) in [5, 5.41) is 7.16. The maximum absolute atomic E-state index is 3.87. The van der Waals surface area contributed by atoms with E-state index in [-0.39, 0.29) is 0 Å². The van der Waals surface area contributed by atoms with Crippen LogP contribution in [0.2, 0.25) is 0 Å². The van der Waals surface area contributed by atoms with Crippen molar-refractivity contribution in [3.05, 3.63) is 61.2 Å². The van der Waals surface area contributed by atoms with Crippen molar-refractivity contribution >= 4 is 37.4 Å². The number of benzene rings is 1. The molecule has 4 rings (SSSR count). The second kappa shape index (κ2) is 8.90. The fraction of sp³-hybridized carbons (Fsp3) is 0.455. The molecule has 0 spiro atoms. The van der Waals surface area contributed by atoms with Crippen LogP contribution in [-0.4, -0.2) is 19.1 Å². The van der Waals surface area contributed by atoms with Crippen molar-refractivity contribution < 1.29 is 0 Å². The van der Waals surface area contributed by atoms with Crippen molar-refractivity contribution in [2.45, 2.75) is 52.5 Å². The number of rotatable bonds is 0. The number of piperidine rings is 1. The van der Waals surface area contributed by atoms with E-state index in [4.69, 9.17) is 0 Å². The Balaban J connectivity index is 0.000000948. The summed E-state index contributed by atoms with van der Waals surface area (Å²) in [6.45, 7) is 8.37. The molecule has 2 nitrogen and oxygen atoms in total. The Hall–Kier alpha value is -0.840. The Morgan fingerprint density at radius 3 is 2.46 bits per heavy atom. The second-order valence-corrected chi connectivity index (χ2v) is 8.55. The molecule has 4 heteroatoms. The third-order valence-electron chi connectivity index (χ3n) is 5.35. The van der Waals surface area contributed by atoms with Crippen LogP contribution in [-0.2, 0) is 6.42 Å². The van der Waals surface area contributed by atoms with Crippen molar-refractivity contribution in [2.24, 2.45) is 0 Å². The monoisotopic (exact) mass is 478 g/mol. The van der Waals surface area contributed by atoms with Gasteiger partial charge in [0.25, 0.3) is 0 Å². The van der Waals surface area contributed by atoms with Crippen LogP contribution in [0.4, 0.5) is 0 Å². The van der Waals surface area contributed by atoms with E-state index >= 15 is 0 Å². The molecular weight excluding hydrogens is 452 g/mol. The summed E-state index contributed by atoms with van der Waals surface area (Å²) in [6, 6.07) is 4.92. The molecule has 140 valence electrons. The van der Waals surface area contributed by atoms with E-state index in [1.165, 1.54) is 32.3 Å². The second-order valence-electron chi connectivity index (χ2n) is 6.84. The molecule has 0 aromatic heterocycles. The van der Waals surface area contributed by atoms with E-state index in [2.05, 4.69) is 73.8 Å². The van der Waals surface area contributed by atoms with Crippen LogP contribution in [0.15, 0.2) is 44.5 Å². The number of halogens is 2. The van der Waals surface area contributed by atoms with Crippen LogP contribution < -0.4 is 10.6 Å². The summed E-state index contributed by atoms with van der Waals surface area (Å²) in [4.78, 5) is 0. The minimum atomic E-state index is 0.315. The fourth-order valence-electron chi connectivity index (χ4n) is 4.11. The molecule has 26 heavy (non-hydrogen) atoms. The summed E-state index contributed by atoms with van der Waals surface area (Å²) >= 11 is 7.51. The zero-order valence-electron chi connectivity index (χ0n) is 15.9. The zero-order chi connectivity index (χ0) is 18.7. The molecule has 0 bridgehead atoms. The number of dihydropyridines is 1. The van der Waals surface area contributed by atoms with Gasteiger partial charge in [-0.3, -0.25) is 0 Å². The predicted molar refractivity (Wildman–Crippen MR) is 120 cm³/mol. The highest BCUT2D eigenvalue weighted by atomic mass is 79.9. The maximum atomic E-state index is 3.87. The van der Waals surface area contributed by atoms with Gasteiger partial charge < -0.3 is 10.6 Å². The molecule has 2 heterocycles. The van der Waals surface area contributed by atoms with Gasteiger partial charge in [0.15, 0.2) is 0 Å². The summed E-state index contributed by atoms with van der Waals surface area (Å²) in [5.74, 6) is 0. The van der Waals surface area contributed by atoms with Crippen molar-refractivity contribution in [3.63, 3.8) is 0 Å². The number of aryl methyl sites for hydroxylation is 1. The molecule has 1 aromatic rings. The van der Waals surface area contributed by atoms with Gasteiger partial charge in [-0.05, 0) is 95.5 Å². The van der Waals surface area contributed by atoms with E-state index in [0.29, 0.717) is 6.04 Å². The highest BCUT2D eigenvalue weighted by Gasteiger charge is 2.30. The van der Waals surface area contributed by atoms with Crippen molar-refractivity contribution in [1.29, 1.82) is 0 Å². The molecule has 1 unspecified atom stereocenters. The van der Waals surface area contributed by atoms with Crippen LogP contribution in [0.3, 0.4) is 0 Å².